The lowest BCUT2D eigenvalue weighted by molar-refractivity contribution is 0.0948. The summed E-state index contributed by atoms with van der Waals surface area (Å²) in [5, 5.41) is 2.85. The standard InChI is InChI=1S/C15H15BrN2O2/c1-20-12-6-4-11(5-7-12)8-10-18-15(19)14-13(16)3-2-9-17-14/h2-7,9H,8,10H2,1H3,(H,18,19). The second-order valence-corrected chi connectivity index (χ2v) is 5.04. The number of aromatic nitrogens is 1. The van der Waals surface area contributed by atoms with Crippen LogP contribution in [0, 0.1) is 0 Å². The zero-order valence-corrected chi connectivity index (χ0v) is 12.7. The van der Waals surface area contributed by atoms with Crippen molar-refractivity contribution in [3.8, 4) is 5.75 Å². The van der Waals surface area contributed by atoms with Gasteiger partial charge in [-0.2, -0.15) is 0 Å². The van der Waals surface area contributed by atoms with Crippen molar-refractivity contribution in [2.75, 3.05) is 13.7 Å². The number of nitrogens with zero attached hydrogens (tertiary/aromatic N) is 1. The molecule has 0 radical (unpaired) electrons. The molecule has 2 aromatic rings. The summed E-state index contributed by atoms with van der Waals surface area (Å²) in [5.74, 6) is 0.654. The SMILES string of the molecule is COc1ccc(CCNC(=O)c2ncccc2Br)cc1. The van der Waals surface area contributed by atoms with E-state index < -0.39 is 0 Å². The van der Waals surface area contributed by atoms with E-state index in [0.29, 0.717) is 16.7 Å². The predicted molar refractivity (Wildman–Crippen MR) is 81.0 cm³/mol. The van der Waals surface area contributed by atoms with Gasteiger partial charge in [0, 0.05) is 17.2 Å². The fourth-order valence-electron chi connectivity index (χ4n) is 1.75. The lowest BCUT2D eigenvalue weighted by Crippen LogP contribution is -2.26. The van der Waals surface area contributed by atoms with Crippen molar-refractivity contribution in [2.45, 2.75) is 6.42 Å². The average molecular weight is 335 g/mol. The number of ether oxygens (including phenoxy) is 1. The van der Waals surface area contributed by atoms with Crippen LogP contribution in [-0.2, 0) is 6.42 Å². The van der Waals surface area contributed by atoms with E-state index in [4.69, 9.17) is 4.74 Å². The van der Waals surface area contributed by atoms with E-state index in [2.05, 4.69) is 26.2 Å². The van der Waals surface area contributed by atoms with Crippen molar-refractivity contribution in [3.63, 3.8) is 0 Å². The number of methoxy groups -OCH3 is 1. The van der Waals surface area contributed by atoms with E-state index in [1.54, 1.807) is 25.4 Å². The Balaban J connectivity index is 1.86. The number of hydrogen-bond donors (Lipinski definition) is 1. The van der Waals surface area contributed by atoms with E-state index in [1.807, 2.05) is 24.3 Å². The van der Waals surface area contributed by atoms with Crippen molar-refractivity contribution in [1.82, 2.24) is 10.3 Å². The molecule has 0 spiro atoms. The van der Waals surface area contributed by atoms with Crippen LogP contribution in [0.15, 0.2) is 47.1 Å². The predicted octanol–water partition coefficient (Wildman–Crippen LogP) is 2.83. The second-order valence-electron chi connectivity index (χ2n) is 4.19. The van der Waals surface area contributed by atoms with Crippen molar-refractivity contribution in [1.29, 1.82) is 0 Å². The van der Waals surface area contributed by atoms with Crippen LogP contribution in [0.3, 0.4) is 0 Å². The molecule has 104 valence electrons. The van der Waals surface area contributed by atoms with E-state index >= 15 is 0 Å². The van der Waals surface area contributed by atoms with Gasteiger partial charge in [-0.05, 0) is 52.2 Å². The van der Waals surface area contributed by atoms with E-state index in [0.717, 1.165) is 17.7 Å². The number of benzene rings is 1. The van der Waals surface area contributed by atoms with Gasteiger partial charge in [0.1, 0.15) is 11.4 Å². The Hall–Kier alpha value is -1.88. The van der Waals surface area contributed by atoms with E-state index in [9.17, 15) is 4.79 Å². The number of halogens is 1. The molecule has 1 N–H and O–H groups in total. The van der Waals surface area contributed by atoms with Crippen LogP contribution >= 0.6 is 15.9 Å². The first kappa shape index (κ1) is 14.5. The number of hydrogen-bond acceptors (Lipinski definition) is 3. The van der Waals surface area contributed by atoms with Gasteiger partial charge in [0.05, 0.1) is 7.11 Å². The molecule has 0 aliphatic rings. The largest absolute Gasteiger partial charge is 0.497 e. The Bertz CT molecular complexity index is 585. The number of nitrogens with one attached hydrogen (secondary N) is 1. The van der Waals surface area contributed by atoms with Crippen molar-refractivity contribution >= 4 is 21.8 Å². The smallest absolute Gasteiger partial charge is 0.271 e. The minimum Gasteiger partial charge on any atom is -0.497 e. The van der Waals surface area contributed by atoms with Crippen molar-refractivity contribution in [2.24, 2.45) is 0 Å². The van der Waals surface area contributed by atoms with Crippen LogP contribution in [0.5, 0.6) is 5.75 Å². The van der Waals surface area contributed by atoms with Gasteiger partial charge < -0.3 is 10.1 Å². The lowest BCUT2D eigenvalue weighted by Gasteiger charge is -2.06. The molecule has 1 amide bonds. The molecular formula is C15H15BrN2O2. The first-order chi connectivity index (χ1) is 9.70. The first-order valence-corrected chi connectivity index (χ1v) is 7.01. The molecule has 1 heterocycles. The Morgan fingerprint density at radius 1 is 1.30 bits per heavy atom. The highest BCUT2D eigenvalue weighted by Gasteiger charge is 2.09. The Kier molecular flexibility index (Phi) is 5.12. The van der Waals surface area contributed by atoms with Gasteiger partial charge in [-0.25, -0.2) is 4.98 Å². The zero-order chi connectivity index (χ0) is 14.4. The van der Waals surface area contributed by atoms with Crippen LogP contribution in [0.4, 0.5) is 0 Å². The number of amides is 1. The monoisotopic (exact) mass is 334 g/mol. The molecule has 1 aromatic heterocycles. The average Bonchev–Trinajstić information content (AvgIpc) is 2.48. The molecule has 0 saturated carbocycles. The highest BCUT2D eigenvalue weighted by atomic mass is 79.9. The molecule has 0 aliphatic carbocycles. The summed E-state index contributed by atoms with van der Waals surface area (Å²) in [6, 6.07) is 11.4. The molecule has 1 aromatic carbocycles. The highest BCUT2D eigenvalue weighted by Crippen LogP contribution is 2.13. The maximum Gasteiger partial charge on any atom is 0.271 e. The summed E-state index contributed by atoms with van der Waals surface area (Å²) in [4.78, 5) is 16.0. The van der Waals surface area contributed by atoms with Gasteiger partial charge >= 0.3 is 0 Å². The molecule has 4 nitrogen and oxygen atoms in total. The third kappa shape index (κ3) is 3.81. The van der Waals surface area contributed by atoms with E-state index in [-0.39, 0.29) is 5.91 Å². The summed E-state index contributed by atoms with van der Waals surface area (Å²) in [6.07, 6.45) is 2.36. The summed E-state index contributed by atoms with van der Waals surface area (Å²) < 4.78 is 5.80. The van der Waals surface area contributed by atoms with Crippen LogP contribution in [0.2, 0.25) is 0 Å². The Labute approximate surface area is 126 Å². The number of pyridine rings is 1. The summed E-state index contributed by atoms with van der Waals surface area (Å²) in [6.45, 7) is 0.564. The van der Waals surface area contributed by atoms with Crippen LogP contribution < -0.4 is 10.1 Å². The Morgan fingerprint density at radius 3 is 2.70 bits per heavy atom. The molecule has 20 heavy (non-hydrogen) atoms. The molecule has 0 bridgehead atoms. The van der Waals surface area contributed by atoms with Crippen LogP contribution in [0.25, 0.3) is 0 Å². The van der Waals surface area contributed by atoms with Gasteiger partial charge in [-0.15, -0.1) is 0 Å². The fraction of sp³-hybridized carbons (Fsp3) is 0.200. The van der Waals surface area contributed by atoms with Crippen LogP contribution in [-0.4, -0.2) is 24.5 Å². The first-order valence-electron chi connectivity index (χ1n) is 6.22. The van der Waals surface area contributed by atoms with Crippen molar-refractivity contribution in [3.05, 3.63) is 58.3 Å². The molecule has 5 heteroatoms. The number of carbonyl (C=O) groups is 1. The lowest BCUT2D eigenvalue weighted by atomic mass is 10.1. The minimum atomic E-state index is -0.175. The van der Waals surface area contributed by atoms with Gasteiger partial charge in [-0.3, -0.25) is 4.79 Å². The van der Waals surface area contributed by atoms with Gasteiger partial charge in [0.25, 0.3) is 5.91 Å². The second kappa shape index (κ2) is 7.05. The third-order valence-electron chi connectivity index (χ3n) is 2.83. The molecule has 0 atom stereocenters. The fourth-order valence-corrected chi connectivity index (χ4v) is 2.18. The Morgan fingerprint density at radius 2 is 2.05 bits per heavy atom. The molecule has 0 aliphatic heterocycles. The number of rotatable bonds is 5. The van der Waals surface area contributed by atoms with E-state index in [1.165, 1.54) is 0 Å². The van der Waals surface area contributed by atoms with Crippen molar-refractivity contribution < 1.29 is 9.53 Å². The minimum absolute atomic E-state index is 0.175. The zero-order valence-electron chi connectivity index (χ0n) is 11.1. The number of carbonyl (C=O) groups excluding carboxylic acids is 1. The quantitative estimate of drug-likeness (QED) is 0.914. The molecular weight excluding hydrogens is 320 g/mol. The molecule has 0 saturated heterocycles. The van der Waals surface area contributed by atoms with Gasteiger partial charge in [0.15, 0.2) is 0 Å². The highest BCUT2D eigenvalue weighted by molar-refractivity contribution is 9.10. The summed E-state index contributed by atoms with van der Waals surface area (Å²) >= 11 is 3.31. The van der Waals surface area contributed by atoms with Crippen LogP contribution in [0.1, 0.15) is 16.1 Å². The molecule has 2 rings (SSSR count). The maximum absolute atomic E-state index is 11.9. The maximum atomic E-state index is 11.9. The molecule has 0 fully saturated rings. The topological polar surface area (TPSA) is 51.2 Å². The van der Waals surface area contributed by atoms with Gasteiger partial charge in [-0.1, -0.05) is 12.1 Å². The summed E-state index contributed by atoms with van der Waals surface area (Å²) in [5.41, 5.74) is 1.55. The normalized spacial score (nSPS) is 10.1. The van der Waals surface area contributed by atoms with Gasteiger partial charge in [0.2, 0.25) is 0 Å². The molecule has 0 unspecified atom stereocenters. The third-order valence-corrected chi connectivity index (χ3v) is 3.47. The summed E-state index contributed by atoms with van der Waals surface area (Å²) in [7, 11) is 1.64.